The number of nitrogens with zero attached hydrogens (tertiary/aromatic N) is 5. The van der Waals surface area contributed by atoms with Gasteiger partial charge in [0, 0.05) is 55.0 Å². The van der Waals surface area contributed by atoms with Gasteiger partial charge >= 0.3 is 0 Å². The van der Waals surface area contributed by atoms with Crippen LogP contribution >= 0.6 is 0 Å². The highest BCUT2D eigenvalue weighted by Gasteiger charge is 2.31. The van der Waals surface area contributed by atoms with E-state index in [2.05, 4.69) is 16.4 Å². The summed E-state index contributed by atoms with van der Waals surface area (Å²) in [5.74, 6) is 2.47. The van der Waals surface area contributed by atoms with Crippen LogP contribution in [0.3, 0.4) is 0 Å². The average molecular weight is 565 g/mol. The molecule has 2 aromatic heterocycles. The van der Waals surface area contributed by atoms with E-state index in [-0.39, 0.29) is 29.5 Å². The fourth-order valence-electron chi connectivity index (χ4n) is 5.68. The molecule has 1 aromatic carbocycles. The predicted molar refractivity (Wildman–Crippen MR) is 153 cm³/mol. The summed E-state index contributed by atoms with van der Waals surface area (Å²) in [4.78, 5) is 24.2. The Hall–Kier alpha value is -3.65. The maximum absolute atomic E-state index is 13.0. The topological polar surface area (TPSA) is 130 Å². The van der Waals surface area contributed by atoms with Crippen molar-refractivity contribution in [1.29, 1.82) is 5.26 Å². The second-order valence-corrected chi connectivity index (χ2v) is 13.1. The highest BCUT2D eigenvalue weighted by Crippen LogP contribution is 2.31. The van der Waals surface area contributed by atoms with Gasteiger partial charge in [0.25, 0.3) is 0 Å². The van der Waals surface area contributed by atoms with E-state index in [1.165, 1.54) is 6.26 Å². The minimum absolute atomic E-state index is 0.0537. The summed E-state index contributed by atoms with van der Waals surface area (Å²) >= 11 is 0. The number of sulfone groups is 1. The largest absolute Gasteiger partial charge is 0.493 e. The normalized spacial score (nSPS) is 20.2. The minimum atomic E-state index is -3.01. The fourth-order valence-corrected chi connectivity index (χ4v) is 6.32. The third-order valence-electron chi connectivity index (χ3n) is 7.90. The van der Waals surface area contributed by atoms with Crippen molar-refractivity contribution in [2.45, 2.75) is 51.0 Å². The third-order valence-corrected chi connectivity index (χ3v) is 8.93. The zero-order chi connectivity index (χ0) is 28.1. The summed E-state index contributed by atoms with van der Waals surface area (Å²) in [6, 6.07) is 12.2. The van der Waals surface area contributed by atoms with Crippen LogP contribution in [0.25, 0.3) is 16.7 Å². The standard InChI is InChI=1S/C29H36N6O4S/c1-40(37,38)19-3-18-39-26-5-2-4-25-24(26)13-17-35(25)27-10-14-31-29(33-27)32-23-8-6-22(7-9-23)28(36)34-15-11-21(20-30)12-16-34/h2,4-5,10,13-14,17,21-23H,3,6-9,11-12,15-16,18-19H2,1H3,(H,31,32,33)/t22-,23-. The summed E-state index contributed by atoms with van der Waals surface area (Å²) in [6.45, 7) is 1.72. The highest BCUT2D eigenvalue weighted by molar-refractivity contribution is 7.90. The number of amides is 1. The van der Waals surface area contributed by atoms with E-state index < -0.39 is 9.84 Å². The van der Waals surface area contributed by atoms with Crippen molar-refractivity contribution in [3.05, 3.63) is 42.7 Å². The number of carbonyl (C=O) groups excluding carboxylic acids is 1. The lowest BCUT2D eigenvalue weighted by molar-refractivity contribution is -0.137. The highest BCUT2D eigenvalue weighted by atomic mass is 32.2. The first-order chi connectivity index (χ1) is 19.3. The Morgan fingerprint density at radius 2 is 1.90 bits per heavy atom. The van der Waals surface area contributed by atoms with Gasteiger partial charge < -0.3 is 19.5 Å². The summed E-state index contributed by atoms with van der Waals surface area (Å²) in [7, 11) is -3.01. The number of carbonyl (C=O) groups is 1. The predicted octanol–water partition coefficient (Wildman–Crippen LogP) is 3.97. The Bertz CT molecular complexity index is 1480. The maximum atomic E-state index is 13.0. The van der Waals surface area contributed by atoms with E-state index in [4.69, 9.17) is 15.0 Å². The maximum Gasteiger partial charge on any atom is 0.225 e. The molecule has 1 saturated heterocycles. The monoisotopic (exact) mass is 564 g/mol. The van der Waals surface area contributed by atoms with E-state index in [0.29, 0.717) is 37.8 Å². The molecule has 11 heteroatoms. The first-order valence-corrected chi connectivity index (χ1v) is 16.1. The molecule has 2 fully saturated rings. The number of ether oxygens (including phenoxy) is 1. The number of anilines is 1. The van der Waals surface area contributed by atoms with Crippen LogP contribution in [0.4, 0.5) is 5.95 Å². The minimum Gasteiger partial charge on any atom is -0.493 e. The summed E-state index contributed by atoms with van der Waals surface area (Å²) in [6.07, 6.45) is 10.3. The Balaban J connectivity index is 1.18. The van der Waals surface area contributed by atoms with E-state index in [1.54, 1.807) is 6.20 Å². The van der Waals surface area contributed by atoms with Gasteiger partial charge in [0.05, 0.1) is 23.9 Å². The van der Waals surface area contributed by atoms with Gasteiger partial charge in [0.1, 0.15) is 21.4 Å². The van der Waals surface area contributed by atoms with Crippen molar-refractivity contribution in [2.75, 3.05) is 37.0 Å². The molecule has 0 atom stereocenters. The number of piperidine rings is 1. The lowest BCUT2D eigenvalue weighted by Crippen LogP contribution is -2.43. The molecule has 3 heterocycles. The van der Waals surface area contributed by atoms with Crippen molar-refractivity contribution in [3.8, 4) is 17.6 Å². The zero-order valence-electron chi connectivity index (χ0n) is 22.8. The summed E-state index contributed by atoms with van der Waals surface area (Å²) < 4.78 is 30.7. The molecule has 3 aromatic rings. The van der Waals surface area contributed by atoms with Gasteiger partial charge in [0.15, 0.2) is 0 Å². The number of fused-ring (bicyclic) bond motifs is 1. The first-order valence-electron chi connectivity index (χ1n) is 14.0. The second-order valence-electron chi connectivity index (χ2n) is 10.9. The molecule has 10 nitrogen and oxygen atoms in total. The Morgan fingerprint density at radius 3 is 2.62 bits per heavy atom. The van der Waals surface area contributed by atoms with Crippen LogP contribution in [0, 0.1) is 23.2 Å². The van der Waals surface area contributed by atoms with E-state index >= 15 is 0 Å². The van der Waals surface area contributed by atoms with E-state index in [9.17, 15) is 13.2 Å². The lowest BCUT2D eigenvalue weighted by Gasteiger charge is -2.35. The molecule has 0 radical (unpaired) electrons. The molecule has 0 unspecified atom stereocenters. The van der Waals surface area contributed by atoms with Crippen molar-refractivity contribution in [3.63, 3.8) is 0 Å². The van der Waals surface area contributed by atoms with E-state index in [0.717, 1.165) is 55.2 Å². The molecular weight excluding hydrogens is 528 g/mol. The Kier molecular flexibility index (Phi) is 8.54. The van der Waals surface area contributed by atoms with Crippen molar-refractivity contribution in [1.82, 2.24) is 19.4 Å². The molecule has 1 aliphatic carbocycles. The molecule has 1 saturated carbocycles. The molecule has 0 bridgehead atoms. The Labute approximate surface area is 235 Å². The average Bonchev–Trinajstić information content (AvgIpc) is 3.40. The van der Waals surface area contributed by atoms with E-state index in [1.807, 2.05) is 46.0 Å². The number of likely N-dealkylation sites (tertiary alicyclic amines) is 1. The van der Waals surface area contributed by atoms with Crippen molar-refractivity contribution >= 4 is 32.6 Å². The fraction of sp³-hybridized carbons (Fsp3) is 0.517. The first kappa shape index (κ1) is 27.9. The number of hydrogen-bond acceptors (Lipinski definition) is 8. The number of benzene rings is 1. The quantitative estimate of drug-likeness (QED) is 0.387. The molecule has 5 rings (SSSR count). The van der Waals surface area contributed by atoms with Crippen LogP contribution < -0.4 is 10.1 Å². The smallest absolute Gasteiger partial charge is 0.225 e. The van der Waals surface area contributed by atoms with Crippen LogP contribution in [0.15, 0.2) is 42.7 Å². The number of rotatable bonds is 9. The number of hydrogen-bond donors (Lipinski definition) is 1. The van der Waals surface area contributed by atoms with Gasteiger partial charge in [-0.25, -0.2) is 13.4 Å². The summed E-state index contributed by atoms with van der Waals surface area (Å²) in [5, 5.41) is 13.5. The van der Waals surface area contributed by atoms with Gasteiger partial charge in [-0.1, -0.05) is 6.07 Å². The Morgan fingerprint density at radius 1 is 1.12 bits per heavy atom. The molecule has 1 aliphatic heterocycles. The van der Waals surface area contributed by atoms with Crippen molar-refractivity contribution in [2.24, 2.45) is 11.8 Å². The lowest BCUT2D eigenvalue weighted by atomic mass is 9.84. The van der Waals surface area contributed by atoms with Crippen LogP contribution in [0.1, 0.15) is 44.9 Å². The number of aromatic nitrogens is 3. The van der Waals surface area contributed by atoms with Gasteiger partial charge in [-0.2, -0.15) is 10.2 Å². The van der Waals surface area contributed by atoms with Gasteiger partial charge in [-0.3, -0.25) is 4.79 Å². The molecule has 1 N–H and O–H groups in total. The van der Waals surface area contributed by atoms with Crippen LogP contribution in [-0.4, -0.2) is 71.5 Å². The van der Waals surface area contributed by atoms with Gasteiger partial charge in [-0.15, -0.1) is 0 Å². The van der Waals surface area contributed by atoms with Gasteiger partial charge in [0.2, 0.25) is 11.9 Å². The number of nitrogens with one attached hydrogen (secondary N) is 1. The second kappa shape index (κ2) is 12.3. The van der Waals surface area contributed by atoms with Crippen LogP contribution in [-0.2, 0) is 14.6 Å². The van der Waals surface area contributed by atoms with Crippen molar-refractivity contribution < 1.29 is 17.9 Å². The number of nitriles is 1. The third kappa shape index (κ3) is 6.73. The molecule has 212 valence electrons. The summed E-state index contributed by atoms with van der Waals surface area (Å²) in [5.41, 5.74) is 0.933. The van der Waals surface area contributed by atoms with Crippen LogP contribution in [0.5, 0.6) is 5.75 Å². The molecular formula is C29H36N6O4S. The zero-order valence-corrected chi connectivity index (χ0v) is 23.6. The molecule has 40 heavy (non-hydrogen) atoms. The molecule has 0 spiro atoms. The van der Waals surface area contributed by atoms with Crippen LogP contribution in [0.2, 0.25) is 0 Å². The molecule has 1 amide bonds. The van der Waals surface area contributed by atoms with Gasteiger partial charge in [-0.05, 0) is 69.2 Å². The SMILES string of the molecule is CS(=O)(=O)CCCOc1cccc2c1ccn2-c1ccnc(N[C@H]2CC[C@H](C(=O)N3CCC(C#N)CC3)CC2)n1. The molecule has 2 aliphatic rings.